The summed E-state index contributed by atoms with van der Waals surface area (Å²) < 4.78 is 5.13. The van der Waals surface area contributed by atoms with E-state index >= 15 is 0 Å². The van der Waals surface area contributed by atoms with Gasteiger partial charge in [0.15, 0.2) is 0 Å². The fraction of sp³-hybridized carbons (Fsp3) is 0.450. The van der Waals surface area contributed by atoms with Crippen molar-refractivity contribution in [1.82, 2.24) is 15.3 Å². The molecule has 1 saturated carbocycles. The molecule has 0 spiro atoms. The number of rotatable bonds is 6. The third kappa shape index (κ3) is 4.72. The highest BCUT2D eigenvalue weighted by Crippen LogP contribution is 2.29. The number of carbonyl (C=O) groups excluding carboxylic acids is 1. The molecular weight excluding hydrogens is 380 g/mol. The molecule has 1 aliphatic rings. The second-order valence-electron chi connectivity index (χ2n) is 6.96. The maximum atomic E-state index is 12.7. The molecule has 8 heteroatoms. The Morgan fingerprint density at radius 2 is 2.04 bits per heavy atom. The molecule has 1 aromatic carbocycles. The van der Waals surface area contributed by atoms with E-state index < -0.39 is 12.1 Å². The van der Waals surface area contributed by atoms with Crippen molar-refractivity contribution in [1.29, 1.82) is 0 Å². The SMILES string of the molecule is COc1cc(N(C)c2ccc(Cl)c(C(=O)NC(O)C3CCCCC3)c2)ncn1. The van der Waals surface area contributed by atoms with E-state index in [0.717, 1.165) is 31.4 Å². The molecule has 7 nitrogen and oxygen atoms in total. The van der Waals surface area contributed by atoms with Crippen molar-refractivity contribution < 1.29 is 14.6 Å². The zero-order chi connectivity index (χ0) is 20.1. The number of nitrogens with zero attached hydrogens (tertiary/aromatic N) is 3. The number of ether oxygens (including phenoxy) is 1. The Morgan fingerprint density at radius 1 is 1.29 bits per heavy atom. The van der Waals surface area contributed by atoms with Crippen LogP contribution in [-0.2, 0) is 0 Å². The normalized spacial score (nSPS) is 15.7. The number of hydrogen-bond acceptors (Lipinski definition) is 6. The quantitative estimate of drug-likeness (QED) is 0.716. The van der Waals surface area contributed by atoms with Gasteiger partial charge in [0.05, 0.1) is 17.7 Å². The molecule has 28 heavy (non-hydrogen) atoms. The van der Waals surface area contributed by atoms with E-state index in [0.29, 0.717) is 22.3 Å². The molecule has 2 aromatic rings. The Morgan fingerprint density at radius 3 is 2.75 bits per heavy atom. The average Bonchev–Trinajstić information content (AvgIpc) is 2.74. The number of aliphatic hydroxyl groups excluding tert-OH is 1. The van der Waals surface area contributed by atoms with E-state index in [2.05, 4.69) is 15.3 Å². The summed E-state index contributed by atoms with van der Waals surface area (Å²) in [5.74, 6) is 0.761. The zero-order valence-corrected chi connectivity index (χ0v) is 16.8. The molecule has 1 unspecified atom stereocenters. The molecule has 1 atom stereocenters. The lowest BCUT2D eigenvalue weighted by Crippen LogP contribution is -2.41. The first kappa shape index (κ1) is 20.4. The molecule has 1 aromatic heterocycles. The lowest BCUT2D eigenvalue weighted by molar-refractivity contribution is 0.0463. The standard InChI is InChI=1S/C20H25ClN4O3/c1-25(17-11-18(28-2)23-12-22-17)14-8-9-16(21)15(10-14)20(27)24-19(26)13-6-4-3-5-7-13/h8-13,19,26H,3-7H2,1-2H3,(H,24,27). The van der Waals surface area contributed by atoms with Gasteiger partial charge in [0.25, 0.3) is 5.91 Å². The largest absolute Gasteiger partial charge is 0.481 e. The van der Waals surface area contributed by atoms with Crippen molar-refractivity contribution in [3.05, 3.63) is 41.2 Å². The summed E-state index contributed by atoms with van der Waals surface area (Å²) in [6.07, 6.45) is 5.75. The minimum atomic E-state index is -0.864. The van der Waals surface area contributed by atoms with E-state index in [-0.39, 0.29) is 5.92 Å². The van der Waals surface area contributed by atoms with E-state index in [1.807, 2.05) is 7.05 Å². The Balaban J connectivity index is 1.77. The van der Waals surface area contributed by atoms with Gasteiger partial charge in [0, 0.05) is 24.7 Å². The van der Waals surface area contributed by atoms with Gasteiger partial charge in [-0.15, -0.1) is 0 Å². The number of anilines is 2. The molecule has 0 bridgehead atoms. The van der Waals surface area contributed by atoms with Crippen molar-refractivity contribution in [3.63, 3.8) is 0 Å². The summed E-state index contributed by atoms with van der Waals surface area (Å²) in [5.41, 5.74) is 1.03. The fourth-order valence-corrected chi connectivity index (χ4v) is 3.64. The summed E-state index contributed by atoms with van der Waals surface area (Å²) in [4.78, 5) is 22.7. The molecular formula is C20H25ClN4O3. The summed E-state index contributed by atoms with van der Waals surface area (Å²) in [5, 5.41) is 13.4. The Kier molecular flexibility index (Phi) is 6.70. The number of halogens is 1. The van der Waals surface area contributed by atoms with Crippen molar-refractivity contribution in [2.75, 3.05) is 19.1 Å². The third-order valence-corrected chi connectivity index (χ3v) is 5.47. The molecule has 150 valence electrons. The van der Waals surface area contributed by atoms with Gasteiger partial charge in [-0.25, -0.2) is 9.97 Å². The molecule has 0 aliphatic heterocycles. The lowest BCUT2D eigenvalue weighted by Gasteiger charge is -2.27. The number of nitrogens with one attached hydrogen (secondary N) is 1. The van der Waals surface area contributed by atoms with Crippen molar-refractivity contribution in [3.8, 4) is 5.88 Å². The molecule has 0 saturated heterocycles. The number of hydrogen-bond donors (Lipinski definition) is 2. The minimum absolute atomic E-state index is 0.0933. The van der Waals surface area contributed by atoms with Gasteiger partial charge >= 0.3 is 0 Å². The molecule has 1 fully saturated rings. The van der Waals surface area contributed by atoms with Crippen LogP contribution in [0.5, 0.6) is 5.88 Å². The van der Waals surface area contributed by atoms with Crippen LogP contribution < -0.4 is 15.0 Å². The Labute approximate surface area is 169 Å². The number of methoxy groups -OCH3 is 1. The predicted octanol–water partition coefficient (Wildman–Crippen LogP) is 3.54. The molecule has 3 rings (SSSR count). The second-order valence-corrected chi connectivity index (χ2v) is 7.37. The number of aromatic nitrogens is 2. The average molecular weight is 405 g/mol. The number of carbonyl (C=O) groups is 1. The van der Waals surface area contributed by atoms with E-state index in [9.17, 15) is 9.90 Å². The first-order valence-electron chi connectivity index (χ1n) is 9.38. The van der Waals surface area contributed by atoms with Gasteiger partial charge in [-0.05, 0) is 31.0 Å². The van der Waals surface area contributed by atoms with E-state index in [1.54, 1.807) is 29.2 Å². The summed E-state index contributed by atoms with van der Waals surface area (Å²) in [6, 6.07) is 6.83. The summed E-state index contributed by atoms with van der Waals surface area (Å²) in [6.45, 7) is 0. The Hall–Kier alpha value is -2.38. The van der Waals surface area contributed by atoms with Crippen LogP contribution in [0, 0.1) is 5.92 Å². The van der Waals surface area contributed by atoms with E-state index in [4.69, 9.17) is 16.3 Å². The van der Waals surface area contributed by atoms with Crippen molar-refractivity contribution in [2.45, 2.75) is 38.3 Å². The van der Waals surface area contributed by atoms with Gasteiger partial charge in [-0.2, -0.15) is 0 Å². The first-order valence-corrected chi connectivity index (χ1v) is 9.75. The smallest absolute Gasteiger partial charge is 0.254 e. The molecule has 1 aliphatic carbocycles. The van der Waals surface area contributed by atoms with Crippen molar-refractivity contribution in [2.24, 2.45) is 5.92 Å². The summed E-state index contributed by atoms with van der Waals surface area (Å²) >= 11 is 6.25. The van der Waals surface area contributed by atoms with Crippen LogP contribution in [-0.4, -0.2) is 41.4 Å². The zero-order valence-electron chi connectivity index (χ0n) is 16.1. The molecule has 2 N–H and O–H groups in total. The Bertz CT molecular complexity index is 827. The van der Waals surface area contributed by atoms with Gasteiger partial charge < -0.3 is 20.1 Å². The highest BCUT2D eigenvalue weighted by atomic mass is 35.5. The number of amides is 1. The van der Waals surface area contributed by atoms with Crippen LogP contribution in [0.2, 0.25) is 5.02 Å². The number of aliphatic hydroxyl groups is 1. The molecule has 1 amide bonds. The molecule has 0 radical (unpaired) electrons. The van der Waals surface area contributed by atoms with E-state index in [1.165, 1.54) is 19.9 Å². The van der Waals surface area contributed by atoms with Crippen molar-refractivity contribution >= 4 is 29.0 Å². The summed E-state index contributed by atoms with van der Waals surface area (Å²) in [7, 11) is 3.36. The maximum Gasteiger partial charge on any atom is 0.254 e. The first-order chi connectivity index (χ1) is 13.5. The van der Waals surface area contributed by atoms with Crippen LogP contribution in [0.3, 0.4) is 0 Å². The highest BCUT2D eigenvalue weighted by molar-refractivity contribution is 6.34. The van der Waals surface area contributed by atoms with Gasteiger partial charge in [-0.1, -0.05) is 30.9 Å². The third-order valence-electron chi connectivity index (χ3n) is 5.14. The van der Waals surface area contributed by atoms with Crippen LogP contribution in [0.1, 0.15) is 42.5 Å². The second kappa shape index (κ2) is 9.21. The predicted molar refractivity (Wildman–Crippen MR) is 108 cm³/mol. The van der Waals surface area contributed by atoms with Gasteiger partial charge in [-0.3, -0.25) is 4.79 Å². The minimum Gasteiger partial charge on any atom is -0.481 e. The van der Waals surface area contributed by atoms with Gasteiger partial charge in [0.1, 0.15) is 18.4 Å². The topological polar surface area (TPSA) is 87.6 Å². The molecule has 1 heterocycles. The number of benzene rings is 1. The van der Waals surface area contributed by atoms with Crippen LogP contribution in [0.15, 0.2) is 30.6 Å². The van der Waals surface area contributed by atoms with Crippen LogP contribution >= 0.6 is 11.6 Å². The van der Waals surface area contributed by atoms with Gasteiger partial charge in [0.2, 0.25) is 5.88 Å². The lowest BCUT2D eigenvalue weighted by atomic mass is 9.88. The van der Waals surface area contributed by atoms with Crippen LogP contribution in [0.4, 0.5) is 11.5 Å². The maximum absolute atomic E-state index is 12.7. The fourth-order valence-electron chi connectivity index (χ4n) is 3.43. The highest BCUT2D eigenvalue weighted by Gasteiger charge is 2.24. The monoisotopic (exact) mass is 404 g/mol. The van der Waals surface area contributed by atoms with Crippen LogP contribution in [0.25, 0.3) is 0 Å².